The number of hydrogen-bond acceptors (Lipinski definition) is 4. The number of rotatable bonds is 4. The molecule has 0 radical (unpaired) electrons. The summed E-state index contributed by atoms with van der Waals surface area (Å²) in [4.78, 5) is 4.63. The zero-order valence-corrected chi connectivity index (χ0v) is 4.40. The van der Waals surface area contributed by atoms with Crippen LogP contribution in [0, 0.1) is 0 Å². The third-order valence-electron chi connectivity index (χ3n) is 0.391. The van der Waals surface area contributed by atoms with Crippen LogP contribution >= 0.6 is 0 Å². The molecule has 4 heteroatoms. The summed E-state index contributed by atoms with van der Waals surface area (Å²) in [5.41, 5.74) is 9.98. The van der Waals surface area contributed by atoms with E-state index in [4.69, 9.17) is 5.73 Å². The van der Waals surface area contributed by atoms with Crippen LogP contribution in [-0.2, 0) is 4.84 Å². The molecule has 0 atom stereocenters. The van der Waals surface area contributed by atoms with Crippen LogP contribution in [0.2, 0.25) is 0 Å². The normalized spacial score (nSPS) is 9.43. The molecule has 0 amide bonds. The lowest BCUT2D eigenvalue weighted by molar-refractivity contribution is 0.0201. The van der Waals surface area contributed by atoms with E-state index in [0.29, 0.717) is 13.3 Å². The van der Waals surface area contributed by atoms with Gasteiger partial charge in [-0.05, 0) is 6.92 Å². The highest BCUT2D eigenvalue weighted by Crippen LogP contribution is 1.54. The number of hydrazine groups is 1. The van der Waals surface area contributed by atoms with Gasteiger partial charge >= 0.3 is 0 Å². The summed E-state index contributed by atoms with van der Waals surface area (Å²) >= 11 is 0. The van der Waals surface area contributed by atoms with Crippen molar-refractivity contribution in [2.45, 2.75) is 6.92 Å². The molecule has 0 saturated carbocycles. The monoisotopic (exact) mass is 105 g/mol. The Kier molecular flexibility index (Phi) is 5.71. The molecule has 0 saturated heterocycles. The van der Waals surface area contributed by atoms with Crippen molar-refractivity contribution < 1.29 is 4.84 Å². The lowest BCUT2D eigenvalue weighted by atomic mass is 10.9. The van der Waals surface area contributed by atoms with Crippen molar-refractivity contribution in [3.05, 3.63) is 0 Å². The van der Waals surface area contributed by atoms with E-state index in [9.17, 15) is 0 Å². The average molecular weight is 105 g/mol. The Labute approximate surface area is 42.9 Å². The standard InChI is InChI=1S/C3H11N3O/c1-2-7-6-5-3-4/h5-6H,2-4H2,1H3. The van der Waals surface area contributed by atoms with Gasteiger partial charge in [0.05, 0.1) is 13.3 Å². The molecule has 44 valence electrons. The van der Waals surface area contributed by atoms with Gasteiger partial charge in [-0.2, -0.15) is 0 Å². The van der Waals surface area contributed by atoms with Gasteiger partial charge < -0.3 is 5.73 Å². The van der Waals surface area contributed by atoms with Crippen molar-refractivity contribution in [2.75, 3.05) is 13.3 Å². The summed E-state index contributed by atoms with van der Waals surface area (Å²) in [5.74, 6) is 0. The molecule has 0 aromatic rings. The molecule has 7 heavy (non-hydrogen) atoms. The van der Waals surface area contributed by atoms with Crippen LogP contribution in [0.4, 0.5) is 0 Å². The Morgan fingerprint density at radius 3 is 2.86 bits per heavy atom. The molecule has 0 spiro atoms. The summed E-state index contributed by atoms with van der Waals surface area (Å²) in [7, 11) is 0. The minimum absolute atomic E-state index is 0.375. The van der Waals surface area contributed by atoms with Gasteiger partial charge in [0.15, 0.2) is 0 Å². The predicted octanol–water partition coefficient (Wildman–Crippen LogP) is -1.05. The quantitative estimate of drug-likeness (QED) is 0.242. The maximum absolute atomic E-state index is 5.02. The van der Waals surface area contributed by atoms with E-state index in [1.807, 2.05) is 6.92 Å². The highest BCUT2D eigenvalue weighted by Gasteiger charge is 1.72. The van der Waals surface area contributed by atoms with Gasteiger partial charge in [-0.25, -0.2) is 5.43 Å². The highest BCUT2D eigenvalue weighted by atomic mass is 16.7. The molecule has 0 fully saturated rings. The maximum atomic E-state index is 5.02. The SMILES string of the molecule is CCONNCN. The van der Waals surface area contributed by atoms with E-state index < -0.39 is 0 Å². The van der Waals surface area contributed by atoms with Crippen LogP contribution in [-0.4, -0.2) is 13.3 Å². The topological polar surface area (TPSA) is 59.3 Å². The lowest BCUT2D eigenvalue weighted by Crippen LogP contribution is -2.36. The van der Waals surface area contributed by atoms with Gasteiger partial charge in [-0.3, -0.25) is 4.84 Å². The van der Waals surface area contributed by atoms with Crippen LogP contribution in [0.5, 0.6) is 0 Å². The Balaban J connectivity index is 2.45. The lowest BCUT2D eigenvalue weighted by Gasteiger charge is -1.99. The molecule has 4 nitrogen and oxygen atoms in total. The predicted molar refractivity (Wildman–Crippen MR) is 27.0 cm³/mol. The summed E-state index contributed by atoms with van der Waals surface area (Å²) in [6, 6.07) is 0. The van der Waals surface area contributed by atoms with Crippen molar-refractivity contribution in [2.24, 2.45) is 5.73 Å². The third kappa shape index (κ3) is 5.84. The Morgan fingerprint density at radius 1 is 1.71 bits per heavy atom. The fraction of sp³-hybridized carbons (Fsp3) is 1.00. The van der Waals surface area contributed by atoms with Gasteiger partial charge in [0, 0.05) is 0 Å². The Hall–Kier alpha value is -0.160. The van der Waals surface area contributed by atoms with Crippen LogP contribution in [0.15, 0.2) is 0 Å². The third-order valence-corrected chi connectivity index (χ3v) is 0.391. The van der Waals surface area contributed by atoms with Gasteiger partial charge in [0.2, 0.25) is 0 Å². The zero-order valence-electron chi connectivity index (χ0n) is 4.40. The van der Waals surface area contributed by atoms with Gasteiger partial charge in [0.25, 0.3) is 0 Å². The second-order valence-corrected chi connectivity index (χ2v) is 0.916. The maximum Gasteiger partial charge on any atom is 0.0670 e. The highest BCUT2D eigenvalue weighted by molar-refractivity contribution is 4.12. The molecular weight excluding hydrogens is 94.1 g/mol. The largest absolute Gasteiger partial charge is 0.317 e. The van der Waals surface area contributed by atoms with Crippen molar-refractivity contribution in [1.29, 1.82) is 0 Å². The molecule has 0 bridgehead atoms. The molecule has 0 aromatic heterocycles. The van der Waals surface area contributed by atoms with Crippen molar-refractivity contribution in [1.82, 2.24) is 11.0 Å². The first-order chi connectivity index (χ1) is 3.41. The summed E-state index contributed by atoms with van der Waals surface area (Å²) in [6.07, 6.45) is 0. The second-order valence-electron chi connectivity index (χ2n) is 0.916. The zero-order chi connectivity index (χ0) is 5.54. The molecule has 0 heterocycles. The van der Waals surface area contributed by atoms with E-state index in [1.54, 1.807) is 0 Å². The first-order valence-corrected chi connectivity index (χ1v) is 2.21. The van der Waals surface area contributed by atoms with Gasteiger partial charge in [-0.1, -0.05) is 0 Å². The molecular formula is C3H11N3O. The van der Waals surface area contributed by atoms with E-state index in [1.165, 1.54) is 0 Å². The van der Waals surface area contributed by atoms with Crippen molar-refractivity contribution >= 4 is 0 Å². The van der Waals surface area contributed by atoms with Crippen LogP contribution in [0.25, 0.3) is 0 Å². The minimum Gasteiger partial charge on any atom is -0.317 e. The Bertz CT molecular complexity index is 29.4. The minimum atomic E-state index is 0.375. The molecule has 0 aromatic carbocycles. The first-order valence-electron chi connectivity index (χ1n) is 2.21. The van der Waals surface area contributed by atoms with Crippen LogP contribution in [0.1, 0.15) is 6.92 Å². The van der Waals surface area contributed by atoms with Crippen LogP contribution in [0.3, 0.4) is 0 Å². The van der Waals surface area contributed by atoms with Gasteiger partial charge in [-0.15, -0.1) is 5.59 Å². The Morgan fingerprint density at radius 2 is 2.43 bits per heavy atom. The van der Waals surface area contributed by atoms with E-state index >= 15 is 0 Å². The number of nitrogens with two attached hydrogens (primary N) is 1. The second kappa shape index (κ2) is 5.84. The first kappa shape index (κ1) is 6.84. The molecule has 0 aliphatic carbocycles. The number of nitrogens with one attached hydrogen (secondary N) is 2. The van der Waals surface area contributed by atoms with E-state index in [-0.39, 0.29) is 0 Å². The summed E-state index contributed by atoms with van der Waals surface area (Å²) in [6.45, 7) is 2.89. The molecule has 4 N–H and O–H groups in total. The van der Waals surface area contributed by atoms with Crippen molar-refractivity contribution in [3.63, 3.8) is 0 Å². The molecule has 0 aliphatic rings. The fourth-order valence-electron chi connectivity index (χ4n) is 0.165. The summed E-state index contributed by atoms with van der Waals surface area (Å²) < 4.78 is 0. The van der Waals surface area contributed by atoms with E-state index in [0.717, 1.165) is 0 Å². The molecule has 0 aliphatic heterocycles. The fourth-order valence-corrected chi connectivity index (χ4v) is 0.165. The average Bonchev–Trinajstić information content (AvgIpc) is 1.69. The summed E-state index contributed by atoms with van der Waals surface area (Å²) in [5, 5.41) is 0. The number of hydrogen-bond donors (Lipinski definition) is 3. The molecule has 0 unspecified atom stereocenters. The van der Waals surface area contributed by atoms with Crippen molar-refractivity contribution in [3.8, 4) is 0 Å². The van der Waals surface area contributed by atoms with Gasteiger partial charge in [0.1, 0.15) is 0 Å². The van der Waals surface area contributed by atoms with Crippen LogP contribution < -0.4 is 16.7 Å². The smallest absolute Gasteiger partial charge is 0.0670 e. The molecule has 0 rings (SSSR count). The van der Waals surface area contributed by atoms with E-state index in [2.05, 4.69) is 15.9 Å².